The van der Waals surface area contributed by atoms with Gasteiger partial charge in [-0.3, -0.25) is 4.79 Å². The van der Waals surface area contributed by atoms with Gasteiger partial charge in [0.15, 0.2) is 0 Å². The highest BCUT2D eigenvalue weighted by atomic mass is 16.5. The number of ether oxygens (including phenoxy) is 3. The van der Waals surface area contributed by atoms with Crippen LogP contribution in [-0.4, -0.2) is 32.7 Å². The smallest absolute Gasteiger partial charge is 0.338 e. The molecule has 26 heavy (non-hydrogen) atoms. The molecular formula is C20H23NO5. The molecule has 2 rings (SSSR count). The van der Waals surface area contributed by atoms with Gasteiger partial charge in [-0.05, 0) is 42.8 Å². The second kappa shape index (κ2) is 9.46. The van der Waals surface area contributed by atoms with Gasteiger partial charge in [0, 0.05) is 17.3 Å². The summed E-state index contributed by atoms with van der Waals surface area (Å²) in [6.45, 7) is 2.44. The number of rotatable bonds is 8. The van der Waals surface area contributed by atoms with Gasteiger partial charge < -0.3 is 19.5 Å². The highest BCUT2D eigenvalue weighted by Crippen LogP contribution is 2.23. The molecule has 0 saturated heterocycles. The normalized spacial score (nSPS) is 10.1. The number of carbonyl (C=O) groups excluding carboxylic acids is 2. The number of hydrogen-bond donors (Lipinski definition) is 1. The third-order valence-electron chi connectivity index (χ3n) is 3.72. The van der Waals surface area contributed by atoms with Crippen LogP contribution in [0.3, 0.4) is 0 Å². The monoisotopic (exact) mass is 357 g/mol. The maximum Gasteiger partial charge on any atom is 0.338 e. The molecule has 2 aromatic carbocycles. The summed E-state index contributed by atoms with van der Waals surface area (Å²) >= 11 is 0. The molecule has 1 N–H and O–H groups in total. The van der Waals surface area contributed by atoms with Gasteiger partial charge in [-0.25, -0.2) is 4.79 Å². The topological polar surface area (TPSA) is 73.9 Å². The molecule has 0 radical (unpaired) electrons. The SMILES string of the molecule is CCCCOC(=O)c1ccc(NC(=O)c2cc(OC)cc(OC)c2)cc1. The average molecular weight is 357 g/mol. The first-order chi connectivity index (χ1) is 12.6. The number of anilines is 1. The zero-order valence-corrected chi connectivity index (χ0v) is 15.2. The van der Waals surface area contributed by atoms with Gasteiger partial charge in [0.2, 0.25) is 0 Å². The van der Waals surface area contributed by atoms with Crippen LogP contribution in [0.2, 0.25) is 0 Å². The zero-order valence-electron chi connectivity index (χ0n) is 15.2. The molecule has 0 spiro atoms. The van der Waals surface area contributed by atoms with Crippen LogP contribution in [0.5, 0.6) is 11.5 Å². The fourth-order valence-corrected chi connectivity index (χ4v) is 2.22. The molecule has 0 aromatic heterocycles. The Labute approximate surface area is 153 Å². The lowest BCUT2D eigenvalue weighted by Crippen LogP contribution is -2.12. The van der Waals surface area contributed by atoms with Crippen molar-refractivity contribution in [2.24, 2.45) is 0 Å². The molecule has 138 valence electrons. The van der Waals surface area contributed by atoms with E-state index < -0.39 is 0 Å². The van der Waals surface area contributed by atoms with Gasteiger partial charge in [-0.2, -0.15) is 0 Å². The van der Waals surface area contributed by atoms with Crippen molar-refractivity contribution in [2.75, 3.05) is 26.1 Å². The standard InChI is InChI=1S/C20H23NO5/c1-4-5-10-26-20(23)14-6-8-16(9-7-14)21-19(22)15-11-17(24-2)13-18(12-15)25-3/h6-9,11-13H,4-5,10H2,1-3H3,(H,21,22). The molecule has 2 aromatic rings. The number of benzene rings is 2. The molecule has 0 saturated carbocycles. The van der Waals surface area contributed by atoms with Crippen molar-refractivity contribution in [2.45, 2.75) is 19.8 Å². The van der Waals surface area contributed by atoms with Crippen LogP contribution < -0.4 is 14.8 Å². The largest absolute Gasteiger partial charge is 0.497 e. The maximum atomic E-state index is 12.4. The molecule has 0 aliphatic rings. The maximum absolute atomic E-state index is 12.4. The molecule has 6 nitrogen and oxygen atoms in total. The zero-order chi connectivity index (χ0) is 18.9. The Morgan fingerprint density at radius 3 is 2.08 bits per heavy atom. The minimum Gasteiger partial charge on any atom is -0.497 e. The van der Waals surface area contributed by atoms with E-state index in [2.05, 4.69) is 5.32 Å². The number of amides is 1. The van der Waals surface area contributed by atoms with Crippen LogP contribution in [0.15, 0.2) is 42.5 Å². The second-order valence-electron chi connectivity index (χ2n) is 5.62. The van der Waals surface area contributed by atoms with E-state index in [1.54, 1.807) is 42.5 Å². The lowest BCUT2D eigenvalue weighted by molar-refractivity contribution is 0.0499. The fraction of sp³-hybridized carbons (Fsp3) is 0.300. The third kappa shape index (κ3) is 5.24. The molecular weight excluding hydrogens is 334 g/mol. The Morgan fingerprint density at radius 2 is 1.54 bits per heavy atom. The molecule has 0 heterocycles. The van der Waals surface area contributed by atoms with Gasteiger partial charge in [-0.1, -0.05) is 13.3 Å². The van der Waals surface area contributed by atoms with E-state index in [0.29, 0.717) is 34.9 Å². The quantitative estimate of drug-likeness (QED) is 0.573. The summed E-state index contributed by atoms with van der Waals surface area (Å²) < 4.78 is 15.5. The number of unbranched alkanes of at least 4 members (excludes halogenated alkanes) is 1. The van der Waals surface area contributed by atoms with Crippen molar-refractivity contribution >= 4 is 17.6 Å². The number of nitrogens with one attached hydrogen (secondary N) is 1. The van der Waals surface area contributed by atoms with E-state index in [1.807, 2.05) is 6.92 Å². The van der Waals surface area contributed by atoms with Crippen LogP contribution in [0.4, 0.5) is 5.69 Å². The second-order valence-corrected chi connectivity index (χ2v) is 5.62. The van der Waals surface area contributed by atoms with Crippen molar-refractivity contribution in [1.29, 1.82) is 0 Å². The minimum absolute atomic E-state index is 0.305. The number of hydrogen-bond acceptors (Lipinski definition) is 5. The molecule has 6 heteroatoms. The molecule has 0 aliphatic carbocycles. The van der Waals surface area contributed by atoms with E-state index in [1.165, 1.54) is 14.2 Å². The van der Waals surface area contributed by atoms with Crippen molar-refractivity contribution in [3.8, 4) is 11.5 Å². The third-order valence-corrected chi connectivity index (χ3v) is 3.72. The summed E-state index contributed by atoms with van der Waals surface area (Å²) in [4.78, 5) is 24.3. The first kappa shape index (κ1) is 19.3. The molecule has 0 fully saturated rings. The van der Waals surface area contributed by atoms with Crippen molar-refractivity contribution < 1.29 is 23.8 Å². The molecule has 0 atom stereocenters. The number of methoxy groups -OCH3 is 2. The summed E-state index contributed by atoms with van der Waals surface area (Å²) in [7, 11) is 3.05. The molecule has 1 amide bonds. The Kier molecular flexibility index (Phi) is 7.02. The van der Waals surface area contributed by atoms with Crippen LogP contribution in [0.25, 0.3) is 0 Å². The fourth-order valence-electron chi connectivity index (χ4n) is 2.22. The summed E-state index contributed by atoms with van der Waals surface area (Å²) in [5.41, 5.74) is 1.42. The predicted octanol–water partition coefficient (Wildman–Crippen LogP) is 3.91. The average Bonchev–Trinajstić information content (AvgIpc) is 2.68. The van der Waals surface area contributed by atoms with Crippen LogP contribution in [0.1, 0.15) is 40.5 Å². The van der Waals surface area contributed by atoms with Gasteiger partial charge in [-0.15, -0.1) is 0 Å². The van der Waals surface area contributed by atoms with E-state index >= 15 is 0 Å². The molecule has 0 aliphatic heterocycles. The first-order valence-corrected chi connectivity index (χ1v) is 8.39. The van der Waals surface area contributed by atoms with Crippen LogP contribution >= 0.6 is 0 Å². The van der Waals surface area contributed by atoms with Gasteiger partial charge in [0.25, 0.3) is 5.91 Å². The number of carbonyl (C=O) groups is 2. The van der Waals surface area contributed by atoms with E-state index in [-0.39, 0.29) is 11.9 Å². The van der Waals surface area contributed by atoms with Crippen molar-refractivity contribution in [3.05, 3.63) is 53.6 Å². The lowest BCUT2D eigenvalue weighted by Gasteiger charge is -2.10. The predicted molar refractivity (Wildman–Crippen MR) is 99.1 cm³/mol. The van der Waals surface area contributed by atoms with Crippen LogP contribution in [0, 0.1) is 0 Å². The van der Waals surface area contributed by atoms with Crippen LogP contribution in [-0.2, 0) is 4.74 Å². The Bertz CT molecular complexity index is 733. The van der Waals surface area contributed by atoms with Gasteiger partial charge >= 0.3 is 5.97 Å². The summed E-state index contributed by atoms with van der Waals surface area (Å²) in [6, 6.07) is 11.5. The van der Waals surface area contributed by atoms with Gasteiger partial charge in [0.1, 0.15) is 11.5 Å². The lowest BCUT2D eigenvalue weighted by atomic mass is 10.1. The first-order valence-electron chi connectivity index (χ1n) is 8.39. The summed E-state index contributed by atoms with van der Waals surface area (Å²) in [5.74, 6) is 0.383. The van der Waals surface area contributed by atoms with E-state index in [0.717, 1.165) is 12.8 Å². The molecule has 0 unspecified atom stereocenters. The Balaban J connectivity index is 2.04. The highest BCUT2D eigenvalue weighted by molar-refractivity contribution is 6.05. The Hall–Kier alpha value is -3.02. The summed E-state index contributed by atoms with van der Waals surface area (Å²) in [5, 5.41) is 2.78. The minimum atomic E-state index is -0.367. The van der Waals surface area contributed by atoms with E-state index in [4.69, 9.17) is 14.2 Å². The van der Waals surface area contributed by atoms with Gasteiger partial charge in [0.05, 0.1) is 26.4 Å². The Morgan fingerprint density at radius 1 is 0.923 bits per heavy atom. The number of esters is 1. The molecule has 0 bridgehead atoms. The summed E-state index contributed by atoms with van der Waals surface area (Å²) in [6.07, 6.45) is 1.80. The van der Waals surface area contributed by atoms with Crippen molar-refractivity contribution in [3.63, 3.8) is 0 Å². The van der Waals surface area contributed by atoms with Crippen molar-refractivity contribution in [1.82, 2.24) is 0 Å². The van der Waals surface area contributed by atoms with E-state index in [9.17, 15) is 9.59 Å². The highest BCUT2D eigenvalue weighted by Gasteiger charge is 2.11.